The van der Waals surface area contributed by atoms with Gasteiger partial charge < -0.3 is 23.8 Å². The molecule has 0 aliphatic carbocycles. The SMILES string of the molecule is COc1ccc2nc(Cc3nc(N4CCOCC4)cc(=O)[nH]3)oc2c1. The molecule has 1 aliphatic heterocycles. The Bertz CT molecular complexity index is 943. The zero-order valence-corrected chi connectivity index (χ0v) is 13.8. The Morgan fingerprint density at radius 1 is 1.24 bits per heavy atom. The fourth-order valence-electron chi connectivity index (χ4n) is 2.83. The van der Waals surface area contributed by atoms with E-state index in [0.717, 1.165) is 18.6 Å². The highest BCUT2D eigenvalue weighted by Crippen LogP contribution is 2.22. The highest BCUT2D eigenvalue weighted by molar-refractivity contribution is 5.74. The van der Waals surface area contributed by atoms with E-state index >= 15 is 0 Å². The summed E-state index contributed by atoms with van der Waals surface area (Å²) < 4.78 is 16.3. The summed E-state index contributed by atoms with van der Waals surface area (Å²) in [6, 6.07) is 6.95. The Hall–Kier alpha value is -2.87. The second-order valence-corrected chi connectivity index (χ2v) is 5.77. The minimum Gasteiger partial charge on any atom is -0.497 e. The summed E-state index contributed by atoms with van der Waals surface area (Å²) in [5.74, 6) is 2.37. The number of aromatic nitrogens is 3. The number of aromatic amines is 1. The molecule has 8 heteroatoms. The molecule has 1 fully saturated rings. The van der Waals surface area contributed by atoms with Gasteiger partial charge in [-0.15, -0.1) is 0 Å². The van der Waals surface area contributed by atoms with Gasteiger partial charge in [0.15, 0.2) is 5.58 Å². The zero-order valence-electron chi connectivity index (χ0n) is 13.8. The van der Waals surface area contributed by atoms with Gasteiger partial charge in [-0.2, -0.15) is 0 Å². The van der Waals surface area contributed by atoms with E-state index in [9.17, 15) is 4.79 Å². The number of hydrogen-bond donors (Lipinski definition) is 1. The minimum absolute atomic E-state index is 0.190. The quantitative estimate of drug-likeness (QED) is 0.765. The van der Waals surface area contributed by atoms with Crippen LogP contribution >= 0.6 is 0 Å². The van der Waals surface area contributed by atoms with Gasteiger partial charge in [0.1, 0.15) is 22.9 Å². The van der Waals surface area contributed by atoms with E-state index in [-0.39, 0.29) is 5.56 Å². The summed E-state index contributed by atoms with van der Waals surface area (Å²) in [5, 5.41) is 0. The Balaban J connectivity index is 1.61. The summed E-state index contributed by atoms with van der Waals surface area (Å²) in [7, 11) is 1.60. The summed E-state index contributed by atoms with van der Waals surface area (Å²) in [6.45, 7) is 2.71. The van der Waals surface area contributed by atoms with Gasteiger partial charge in [-0.3, -0.25) is 4.79 Å². The van der Waals surface area contributed by atoms with E-state index in [1.54, 1.807) is 13.2 Å². The molecule has 3 aromatic rings. The number of nitrogens with one attached hydrogen (secondary N) is 1. The highest BCUT2D eigenvalue weighted by Gasteiger charge is 2.15. The molecule has 2 aromatic heterocycles. The molecule has 130 valence electrons. The number of rotatable bonds is 4. The summed E-state index contributed by atoms with van der Waals surface area (Å²) in [6.07, 6.45) is 0.310. The van der Waals surface area contributed by atoms with Crippen LogP contribution in [-0.4, -0.2) is 48.4 Å². The van der Waals surface area contributed by atoms with Crippen molar-refractivity contribution in [2.24, 2.45) is 0 Å². The lowest BCUT2D eigenvalue weighted by molar-refractivity contribution is 0.122. The maximum atomic E-state index is 12.0. The van der Waals surface area contributed by atoms with Gasteiger partial charge in [0, 0.05) is 25.2 Å². The van der Waals surface area contributed by atoms with Crippen LogP contribution in [0.25, 0.3) is 11.1 Å². The third kappa shape index (κ3) is 3.34. The molecule has 0 amide bonds. The van der Waals surface area contributed by atoms with E-state index in [1.807, 2.05) is 17.0 Å². The molecular weight excluding hydrogens is 324 g/mol. The number of methoxy groups -OCH3 is 1. The minimum atomic E-state index is -0.190. The number of morpholine rings is 1. The van der Waals surface area contributed by atoms with Crippen LogP contribution in [0.15, 0.2) is 33.5 Å². The lowest BCUT2D eigenvalue weighted by Crippen LogP contribution is -2.37. The van der Waals surface area contributed by atoms with Crippen molar-refractivity contribution >= 4 is 16.9 Å². The average molecular weight is 342 g/mol. The number of anilines is 1. The standard InChI is InChI=1S/C17H18N4O4/c1-23-11-2-3-12-13(8-11)25-17(18-12)9-14-19-15(10-16(22)20-14)21-4-6-24-7-5-21/h2-3,8,10H,4-7,9H2,1H3,(H,19,20,22). The average Bonchev–Trinajstić information content (AvgIpc) is 3.03. The largest absolute Gasteiger partial charge is 0.497 e. The fourth-order valence-corrected chi connectivity index (χ4v) is 2.83. The highest BCUT2D eigenvalue weighted by atomic mass is 16.5. The van der Waals surface area contributed by atoms with Crippen molar-refractivity contribution < 1.29 is 13.9 Å². The van der Waals surface area contributed by atoms with E-state index < -0.39 is 0 Å². The third-order valence-electron chi connectivity index (χ3n) is 4.07. The maximum Gasteiger partial charge on any atom is 0.252 e. The van der Waals surface area contributed by atoms with Crippen LogP contribution in [0.4, 0.5) is 5.82 Å². The van der Waals surface area contributed by atoms with Crippen LogP contribution in [0.2, 0.25) is 0 Å². The molecule has 4 rings (SSSR count). The van der Waals surface area contributed by atoms with Crippen molar-refractivity contribution in [2.75, 3.05) is 38.3 Å². The third-order valence-corrected chi connectivity index (χ3v) is 4.07. The first-order valence-electron chi connectivity index (χ1n) is 8.08. The fraction of sp³-hybridized carbons (Fsp3) is 0.353. The van der Waals surface area contributed by atoms with Crippen molar-refractivity contribution in [1.82, 2.24) is 15.0 Å². The number of nitrogens with zero attached hydrogens (tertiary/aromatic N) is 3. The van der Waals surface area contributed by atoms with Crippen molar-refractivity contribution in [1.29, 1.82) is 0 Å². The Labute approximate surface area is 143 Å². The van der Waals surface area contributed by atoms with E-state index in [1.165, 1.54) is 6.07 Å². The first kappa shape index (κ1) is 15.6. The van der Waals surface area contributed by atoms with Gasteiger partial charge in [-0.1, -0.05) is 0 Å². The molecule has 1 N–H and O–H groups in total. The van der Waals surface area contributed by atoms with Crippen molar-refractivity contribution in [3.63, 3.8) is 0 Å². The molecule has 0 atom stereocenters. The van der Waals surface area contributed by atoms with Crippen LogP contribution < -0.4 is 15.2 Å². The number of fused-ring (bicyclic) bond motifs is 1. The molecule has 3 heterocycles. The van der Waals surface area contributed by atoms with Crippen LogP contribution in [0.5, 0.6) is 5.75 Å². The van der Waals surface area contributed by atoms with E-state index in [4.69, 9.17) is 13.9 Å². The molecule has 1 aromatic carbocycles. The van der Waals surface area contributed by atoms with Crippen LogP contribution in [0.1, 0.15) is 11.7 Å². The Morgan fingerprint density at radius 2 is 2.08 bits per heavy atom. The number of H-pyrrole nitrogens is 1. The van der Waals surface area contributed by atoms with Gasteiger partial charge in [-0.05, 0) is 12.1 Å². The molecular formula is C17H18N4O4. The van der Waals surface area contributed by atoms with Gasteiger partial charge >= 0.3 is 0 Å². The lowest BCUT2D eigenvalue weighted by Gasteiger charge is -2.27. The first-order valence-corrected chi connectivity index (χ1v) is 8.08. The van der Waals surface area contributed by atoms with Gasteiger partial charge in [0.05, 0.1) is 26.7 Å². The summed E-state index contributed by atoms with van der Waals surface area (Å²) in [4.78, 5) is 25.8. The molecule has 0 spiro atoms. The number of hydrogen-bond acceptors (Lipinski definition) is 7. The first-order chi connectivity index (χ1) is 12.2. The maximum absolute atomic E-state index is 12.0. The number of ether oxygens (including phenoxy) is 2. The lowest BCUT2D eigenvalue weighted by atomic mass is 10.3. The molecule has 25 heavy (non-hydrogen) atoms. The molecule has 1 aliphatic rings. The molecule has 0 bridgehead atoms. The van der Waals surface area contributed by atoms with Gasteiger partial charge in [-0.25, -0.2) is 9.97 Å². The van der Waals surface area contributed by atoms with Crippen molar-refractivity contribution in [3.8, 4) is 5.75 Å². The predicted octanol–water partition coefficient (Wildman–Crippen LogP) is 1.35. The normalized spacial score (nSPS) is 14.8. The van der Waals surface area contributed by atoms with Gasteiger partial charge in [0.25, 0.3) is 5.56 Å². The zero-order chi connectivity index (χ0) is 17.2. The molecule has 0 unspecified atom stereocenters. The van der Waals surface area contributed by atoms with E-state index in [0.29, 0.717) is 48.5 Å². The molecule has 0 saturated carbocycles. The van der Waals surface area contributed by atoms with Gasteiger partial charge in [0.2, 0.25) is 5.89 Å². The molecule has 0 radical (unpaired) electrons. The van der Waals surface area contributed by atoms with E-state index in [2.05, 4.69) is 15.0 Å². The second-order valence-electron chi connectivity index (χ2n) is 5.77. The number of oxazole rings is 1. The topological polar surface area (TPSA) is 93.5 Å². The Morgan fingerprint density at radius 3 is 2.88 bits per heavy atom. The van der Waals surface area contributed by atoms with Crippen molar-refractivity contribution in [3.05, 3.63) is 46.3 Å². The molecule has 8 nitrogen and oxygen atoms in total. The summed E-state index contributed by atoms with van der Waals surface area (Å²) in [5.41, 5.74) is 1.19. The van der Waals surface area contributed by atoms with Crippen molar-refractivity contribution in [2.45, 2.75) is 6.42 Å². The van der Waals surface area contributed by atoms with Crippen LogP contribution in [-0.2, 0) is 11.2 Å². The number of benzene rings is 1. The smallest absolute Gasteiger partial charge is 0.252 e. The predicted molar refractivity (Wildman–Crippen MR) is 91.3 cm³/mol. The summed E-state index contributed by atoms with van der Waals surface area (Å²) >= 11 is 0. The Kier molecular flexibility index (Phi) is 4.10. The molecule has 1 saturated heterocycles. The second kappa shape index (κ2) is 6.56. The monoisotopic (exact) mass is 342 g/mol. The van der Waals surface area contributed by atoms with Crippen LogP contribution in [0, 0.1) is 0 Å². The van der Waals surface area contributed by atoms with Crippen LogP contribution in [0.3, 0.4) is 0 Å².